The highest BCUT2D eigenvalue weighted by molar-refractivity contribution is 4.66. The molecule has 0 aliphatic carbocycles. The van der Waals surface area contributed by atoms with E-state index in [0.717, 1.165) is 39.1 Å². The van der Waals surface area contributed by atoms with Gasteiger partial charge in [0.25, 0.3) is 0 Å². The van der Waals surface area contributed by atoms with E-state index >= 15 is 0 Å². The number of nitrogens with one attached hydrogen (secondary N) is 1. The summed E-state index contributed by atoms with van der Waals surface area (Å²) in [7, 11) is 0. The lowest BCUT2D eigenvalue weighted by Gasteiger charge is -2.09. The first-order valence-corrected chi connectivity index (χ1v) is 5.25. The molecule has 0 bridgehead atoms. The zero-order valence-corrected chi connectivity index (χ0v) is 8.46. The Morgan fingerprint density at radius 1 is 1.62 bits per heavy atom. The van der Waals surface area contributed by atoms with Gasteiger partial charge in [0.05, 0.1) is 12.7 Å². The molecule has 1 saturated heterocycles. The van der Waals surface area contributed by atoms with Crippen LogP contribution in [0.5, 0.6) is 0 Å². The van der Waals surface area contributed by atoms with Gasteiger partial charge in [-0.15, -0.1) is 0 Å². The SMILES string of the molecule is CC(O)CCCNCC1CCOC1. The van der Waals surface area contributed by atoms with E-state index in [1.54, 1.807) is 0 Å². The van der Waals surface area contributed by atoms with Crippen molar-refractivity contribution >= 4 is 0 Å². The number of hydrogen-bond acceptors (Lipinski definition) is 3. The molecule has 3 nitrogen and oxygen atoms in total. The largest absolute Gasteiger partial charge is 0.393 e. The molecule has 2 unspecified atom stereocenters. The van der Waals surface area contributed by atoms with E-state index in [1.165, 1.54) is 6.42 Å². The van der Waals surface area contributed by atoms with E-state index in [0.29, 0.717) is 5.92 Å². The van der Waals surface area contributed by atoms with Gasteiger partial charge in [-0.2, -0.15) is 0 Å². The van der Waals surface area contributed by atoms with Crippen LogP contribution in [0, 0.1) is 5.92 Å². The number of ether oxygens (including phenoxy) is 1. The molecular formula is C10H21NO2. The summed E-state index contributed by atoms with van der Waals surface area (Å²) in [5.74, 6) is 0.714. The van der Waals surface area contributed by atoms with Gasteiger partial charge in [0.1, 0.15) is 0 Å². The number of aliphatic hydroxyl groups is 1. The van der Waals surface area contributed by atoms with Gasteiger partial charge < -0.3 is 15.2 Å². The Balaban J connectivity index is 1.83. The smallest absolute Gasteiger partial charge is 0.0512 e. The van der Waals surface area contributed by atoms with Gasteiger partial charge in [0.15, 0.2) is 0 Å². The van der Waals surface area contributed by atoms with Crippen molar-refractivity contribution in [3.63, 3.8) is 0 Å². The van der Waals surface area contributed by atoms with Crippen molar-refractivity contribution in [3.8, 4) is 0 Å². The molecule has 0 aromatic rings. The van der Waals surface area contributed by atoms with Crippen molar-refractivity contribution in [2.45, 2.75) is 32.3 Å². The summed E-state index contributed by atoms with van der Waals surface area (Å²) in [5, 5.41) is 12.4. The molecule has 1 fully saturated rings. The van der Waals surface area contributed by atoms with E-state index in [2.05, 4.69) is 5.32 Å². The Hall–Kier alpha value is -0.120. The standard InChI is InChI=1S/C10H21NO2/c1-9(12)3-2-5-11-7-10-4-6-13-8-10/h9-12H,2-8H2,1H3. The summed E-state index contributed by atoms with van der Waals surface area (Å²) >= 11 is 0. The molecular weight excluding hydrogens is 166 g/mol. The van der Waals surface area contributed by atoms with Crippen LogP contribution in [-0.2, 0) is 4.74 Å². The van der Waals surface area contributed by atoms with Gasteiger partial charge in [0, 0.05) is 13.2 Å². The van der Waals surface area contributed by atoms with Crippen molar-refractivity contribution in [2.24, 2.45) is 5.92 Å². The molecule has 0 amide bonds. The zero-order valence-electron chi connectivity index (χ0n) is 8.46. The third-order valence-corrected chi connectivity index (χ3v) is 2.43. The highest BCUT2D eigenvalue weighted by Gasteiger charge is 2.14. The van der Waals surface area contributed by atoms with Gasteiger partial charge in [-0.05, 0) is 38.6 Å². The Labute approximate surface area is 80.5 Å². The number of hydrogen-bond donors (Lipinski definition) is 2. The summed E-state index contributed by atoms with van der Waals surface area (Å²) in [6, 6.07) is 0. The van der Waals surface area contributed by atoms with Gasteiger partial charge >= 0.3 is 0 Å². The molecule has 0 aromatic heterocycles. The van der Waals surface area contributed by atoms with Crippen molar-refractivity contribution in [3.05, 3.63) is 0 Å². The normalized spacial score (nSPS) is 24.9. The Morgan fingerprint density at radius 2 is 2.46 bits per heavy atom. The van der Waals surface area contributed by atoms with E-state index in [9.17, 15) is 0 Å². The van der Waals surface area contributed by atoms with E-state index in [-0.39, 0.29) is 6.10 Å². The fourth-order valence-corrected chi connectivity index (χ4v) is 1.57. The Morgan fingerprint density at radius 3 is 3.08 bits per heavy atom. The Kier molecular flexibility index (Phi) is 5.35. The second-order valence-electron chi connectivity index (χ2n) is 3.92. The molecule has 1 aliphatic rings. The highest BCUT2D eigenvalue weighted by Crippen LogP contribution is 2.10. The van der Waals surface area contributed by atoms with Crippen LogP contribution in [0.25, 0.3) is 0 Å². The van der Waals surface area contributed by atoms with Crippen LogP contribution >= 0.6 is 0 Å². The predicted octanol–water partition coefficient (Wildman–Crippen LogP) is 0.774. The molecule has 0 aromatic carbocycles. The minimum Gasteiger partial charge on any atom is -0.393 e. The van der Waals surface area contributed by atoms with Crippen LogP contribution in [0.2, 0.25) is 0 Å². The first-order chi connectivity index (χ1) is 6.29. The van der Waals surface area contributed by atoms with E-state index < -0.39 is 0 Å². The van der Waals surface area contributed by atoms with Crippen LogP contribution in [0.4, 0.5) is 0 Å². The minimum atomic E-state index is -0.156. The molecule has 2 atom stereocenters. The summed E-state index contributed by atoms with van der Waals surface area (Å²) < 4.78 is 5.27. The van der Waals surface area contributed by atoms with Gasteiger partial charge in [0.2, 0.25) is 0 Å². The molecule has 0 saturated carbocycles. The first-order valence-electron chi connectivity index (χ1n) is 5.25. The summed E-state index contributed by atoms with van der Waals surface area (Å²) in [6.07, 6.45) is 3.00. The molecule has 0 spiro atoms. The first kappa shape index (κ1) is 11.0. The van der Waals surface area contributed by atoms with Crippen molar-refractivity contribution in [1.29, 1.82) is 0 Å². The van der Waals surface area contributed by atoms with E-state index in [4.69, 9.17) is 9.84 Å². The lowest BCUT2D eigenvalue weighted by Crippen LogP contribution is -2.24. The molecule has 2 N–H and O–H groups in total. The maximum Gasteiger partial charge on any atom is 0.0512 e. The zero-order chi connectivity index (χ0) is 9.52. The van der Waals surface area contributed by atoms with Crippen molar-refractivity contribution < 1.29 is 9.84 Å². The summed E-state index contributed by atoms with van der Waals surface area (Å²) in [4.78, 5) is 0. The molecule has 1 aliphatic heterocycles. The third-order valence-electron chi connectivity index (χ3n) is 2.43. The molecule has 0 radical (unpaired) electrons. The maximum atomic E-state index is 9.02. The van der Waals surface area contributed by atoms with Crippen LogP contribution in [-0.4, -0.2) is 37.5 Å². The number of aliphatic hydroxyl groups excluding tert-OH is 1. The molecule has 1 heterocycles. The molecule has 1 rings (SSSR count). The number of rotatable bonds is 6. The monoisotopic (exact) mass is 187 g/mol. The van der Waals surface area contributed by atoms with Crippen molar-refractivity contribution in [2.75, 3.05) is 26.3 Å². The lowest BCUT2D eigenvalue weighted by molar-refractivity contribution is 0.179. The molecule has 13 heavy (non-hydrogen) atoms. The molecule has 78 valence electrons. The predicted molar refractivity (Wildman–Crippen MR) is 52.7 cm³/mol. The van der Waals surface area contributed by atoms with Gasteiger partial charge in [-0.25, -0.2) is 0 Å². The lowest BCUT2D eigenvalue weighted by atomic mass is 10.1. The Bertz CT molecular complexity index is 122. The second kappa shape index (κ2) is 6.35. The summed E-state index contributed by atoms with van der Waals surface area (Å²) in [5.41, 5.74) is 0. The summed E-state index contributed by atoms with van der Waals surface area (Å²) in [6.45, 7) is 5.77. The second-order valence-corrected chi connectivity index (χ2v) is 3.92. The fourth-order valence-electron chi connectivity index (χ4n) is 1.57. The fraction of sp³-hybridized carbons (Fsp3) is 1.00. The van der Waals surface area contributed by atoms with Gasteiger partial charge in [-0.1, -0.05) is 0 Å². The highest BCUT2D eigenvalue weighted by atomic mass is 16.5. The molecule has 3 heteroatoms. The maximum absolute atomic E-state index is 9.02. The quantitative estimate of drug-likeness (QED) is 0.604. The minimum absolute atomic E-state index is 0.156. The third kappa shape index (κ3) is 5.24. The van der Waals surface area contributed by atoms with Crippen LogP contribution in [0.15, 0.2) is 0 Å². The van der Waals surface area contributed by atoms with Gasteiger partial charge in [-0.3, -0.25) is 0 Å². The van der Waals surface area contributed by atoms with Crippen LogP contribution in [0.3, 0.4) is 0 Å². The van der Waals surface area contributed by atoms with E-state index in [1.807, 2.05) is 6.92 Å². The van der Waals surface area contributed by atoms with Crippen LogP contribution < -0.4 is 5.32 Å². The van der Waals surface area contributed by atoms with Crippen molar-refractivity contribution in [1.82, 2.24) is 5.32 Å². The van der Waals surface area contributed by atoms with Crippen LogP contribution in [0.1, 0.15) is 26.2 Å². The average Bonchev–Trinajstić information content (AvgIpc) is 2.55. The average molecular weight is 187 g/mol. The topological polar surface area (TPSA) is 41.5 Å².